The van der Waals surface area contributed by atoms with Crippen LogP contribution in [0.2, 0.25) is 0 Å². The molecule has 1 amide bonds. The maximum absolute atomic E-state index is 12.3. The van der Waals surface area contributed by atoms with E-state index in [0.717, 1.165) is 54.3 Å². The molecular weight excluding hydrogens is 412 g/mol. The molecule has 0 radical (unpaired) electrons. The Kier molecular flexibility index (Phi) is 5.50. The van der Waals surface area contributed by atoms with E-state index in [0.29, 0.717) is 12.5 Å². The summed E-state index contributed by atoms with van der Waals surface area (Å²) in [6.45, 7) is 9.20. The number of nitrogens with one attached hydrogen (secondary N) is 2. The Labute approximate surface area is 194 Å². The van der Waals surface area contributed by atoms with Gasteiger partial charge in [-0.3, -0.25) is 4.79 Å². The highest BCUT2D eigenvalue weighted by Crippen LogP contribution is 2.33. The number of carbonyl (C=O) groups excluding carboxylic acids is 1. The van der Waals surface area contributed by atoms with Gasteiger partial charge in [-0.15, -0.1) is 0 Å². The maximum Gasteiger partial charge on any atom is 0.251 e. The zero-order valence-corrected chi connectivity index (χ0v) is 19.4. The largest absolute Gasteiger partial charge is 0.369 e. The van der Waals surface area contributed by atoms with Crippen LogP contribution in [0, 0.1) is 0 Å². The summed E-state index contributed by atoms with van der Waals surface area (Å²) in [7, 11) is 2.17. The van der Waals surface area contributed by atoms with Gasteiger partial charge in [0.05, 0.1) is 5.69 Å². The molecule has 2 N–H and O–H groups in total. The predicted molar refractivity (Wildman–Crippen MR) is 132 cm³/mol. The molecule has 2 aliphatic rings. The summed E-state index contributed by atoms with van der Waals surface area (Å²) in [5.41, 5.74) is 5.66. The van der Waals surface area contributed by atoms with Crippen LogP contribution in [0.4, 0.5) is 17.3 Å². The lowest BCUT2D eigenvalue weighted by molar-refractivity contribution is 0.0930. The normalized spacial score (nSPS) is 17.9. The van der Waals surface area contributed by atoms with Gasteiger partial charge < -0.3 is 20.4 Å². The highest BCUT2D eigenvalue weighted by atomic mass is 16.1. The molecule has 5 rings (SSSR count). The van der Waals surface area contributed by atoms with Crippen molar-refractivity contribution < 1.29 is 4.79 Å². The Balaban J connectivity index is 1.34. The van der Waals surface area contributed by atoms with E-state index in [1.807, 2.05) is 18.2 Å². The van der Waals surface area contributed by atoms with Gasteiger partial charge in [-0.05, 0) is 55.1 Å². The van der Waals surface area contributed by atoms with Crippen LogP contribution in [0.15, 0.2) is 54.7 Å². The number of hydrogen-bond acceptors (Lipinski definition) is 6. The molecule has 2 aliphatic heterocycles. The van der Waals surface area contributed by atoms with E-state index in [1.165, 1.54) is 5.69 Å². The van der Waals surface area contributed by atoms with Crippen molar-refractivity contribution in [1.29, 1.82) is 0 Å². The molecule has 0 saturated carbocycles. The van der Waals surface area contributed by atoms with Crippen LogP contribution >= 0.6 is 0 Å². The molecule has 1 saturated heterocycles. The van der Waals surface area contributed by atoms with Crippen molar-refractivity contribution in [2.45, 2.75) is 19.3 Å². The molecule has 170 valence electrons. The fourth-order valence-electron chi connectivity index (χ4n) is 4.48. The maximum atomic E-state index is 12.3. The van der Waals surface area contributed by atoms with E-state index in [2.05, 4.69) is 76.6 Å². The third kappa shape index (κ3) is 4.41. The Bertz CT molecular complexity index is 1170. The van der Waals surface area contributed by atoms with Crippen molar-refractivity contribution in [1.82, 2.24) is 20.2 Å². The third-order valence-corrected chi connectivity index (χ3v) is 6.63. The van der Waals surface area contributed by atoms with Crippen molar-refractivity contribution in [3.8, 4) is 11.3 Å². The Morgan fingerprint density at radius 3 is 2.52 bits per heavy atom. The summed E-state index contributed by atoms with van der Waals surface area (Å²) in [4.78, 5) is 26.2. The average Bonchev–Trinajstić information content (AvgIpc) is 2.83. The van der Waals surface area contributed by atoms with Gasteiger partial charge >= 0.3 is 0 Å². The smallest absolute Gasteiger partial charge is 0.251 e. The number of carbonyl (C=O) groups is 1. The first kappa shape index (κ1) is 21.4. The molecule has 1 fully saturated rings. The number of likely N-dealkylation sites (N-methyl/N-ethyl adjacent to an activating group) is 1. The van der Waals surface area contributed by atoms with Gasteiger partial charge in [0, 0.05) is 66.8 Å². The summed E-state index contributed by atoms with van der Waals surface area (Å²) in [6.07, 6.45) is 1.76. The number of rotatable bonds is 4. The fourth-order valence-corrected chi connectivity index (χ4v) is 4.48. The summed E-state index contributed by atoms with van der Waals surface area (Å²) in [5.74, 6) is 0.538. The van der Waals surface area contributed by atoms with E-state index in [-0.39, 0.29) is 11.3 Å². The lowest BCUT2D eigenvalue weighted by Gasteiger charge is -2.34. The second-order valence-electron chi connectivity index (χ2n) is 9.55. The zero-order valence-electron chi connectivity index (χ0n) is 19.4. The number of fused-ring (bicyclic) bond motifs is 1. The van der Waals surface area contributed by atoms with Gasteiger partial charge in [-0.1, -0.05) is 19.9 Å². The van der Waals surface area contributed by atoms with Crippen molar-refractivity contribution in [3.63, 3.8) is 0 Å². The molecule has 0 bridgehead atoms. The van der Waals surface area contributed by atoms with Crippen molar-refractivity contribution in [2.24, 2.45) is 0 Å². The summed E-state index contributed by atoms with van der Waals surface area (Å²) >= 11 is 0. The lowest BCUT2D eigenvalue weighted by atomic mass is 9.78. The van der Waals surface area contributed by atoms with Crippen LogP contribution in [-0.2, 0) is 5.41 Å². The van der Waals surface area contributed by atoms with Crippen LogP contribution in [0.3, 0.4) is 0 Å². The van der Waals surface area contributed by atoms with Crippen LogP contribution in [0.25, 0.3) is 11.3 Å². The van der Waals surface area contributed by atoms with Crippen molar-refractivity contribution in [3.05, 3.63) is 65.9 Å². The molecule has 1 aromatic heterocycles. The molecule has 3 aromatic rings. The second kappa shape index (κ2) is 8.48. The first-order chi connectivity index (χ1) is 15.9. The zero-order chi connectivity index (χ0) is 23.0. The monoisotopic (exact) mass is 442 g/mol. The Hall–Kier alpha value is -3.45. The Morgan fingerprint density at radius 1 is 1.00 bits per heavy atom. The van der Waals surface area contributed by atoms with Crippen LogP contribution < -0.4 is 15.5 Å². The molecule has 7 nitrogen and oxygen atoms in total. The van der Waals surface area contributed by atoms with Gasteiger partial charge in [0.25, 0.3) is 5.91 Å². The van der Waals surface area contributed by atoms with E-state index in [1.54, 1.807) is 6.20 Å². The molecule has 0 aliphatic carbocycles. The topological polar surface area (TPSA) is 73.4 Å². The highest BCUT2D eigenvalue weighted by Gasteiger charge is 2.31. The minimum absolute atomic E-state index is 0.0130. The fraction of sp³-hybridized carbons (Fsp3) is 0.346. The van der Waals surface area contributed by atoms with Gasteiger partial charge in [-0.2, -0.15) is 0 Å². The van der Waals surface area contributed by atoms with Crippen LogP contribution in [0.1, 0.15) is 29.8 Å². The molecule has 33 heavy (non-hydrogen) atoms. The SMILES string of the molecule is CN1CCN(c2ccc(Nc3nccc(-c4ccc5c(c4)C(C)(C)CNC5=O)n3)cc2)CC1. The number of benzene rings is 2. The number of nitrogens with zero attached hydrogens (tertiary/aromatic N) is 4. The number of aromatic nitrogens is 2. The average molecular weight is 443 g/mol. The quantitative estimate of drug-likeness (QED) is 0.643. The third-order valence-electron chi connectivity index (χ3n) is 6.63. The van der Waals surface area contributed by atoms with E-state index >= 15 is 0 Å². The molecule has 0 spiro atoms. The standard InChI is InChI=1S/C26H30N6O/c1-26(2)17-28-24(33)21-9-4-18(16-22(21)26)23-10-11-27-25(30-23)29-19-5-7-20(8-6-19)32-14-12-31(3)13-15-32/h4-11,16H,12-15,17H2,1-3H3,(H,28,33)(H,27,29,30). The van der Waals surface area contributed by atoms with Crippen molar-refractivity contribution >= 4 is 23.2 Å². The summed E-state index contributed by atoms with van der Waals surface area (Å²) in [6, 6.07) is 16.3. The molecule has 0 atom stereocenters. The summed E-state index contributed by atoms with van der Waals surface area (Å²) in [5, 5.41) is 6.29. The van der Waals surface area contributed by atoms with Gasteiger partial charge in [-0.25, -0.2) is 9.97 Å². The number of hydrogen-bond donors (Lipinski definition) is 2. The number of piperazine rings is 1. The van der Waals surface area contributed by atoms with E-state index < -0.39 is 0 Å². The summed E-state index contributed by atoms with van der Waals surface area (Å²) < 4.78 is 0. The molecular formula is C26H30N6O. The minimum atomic E-state index is -0.126. The molecule has 3 heterocycles. The van der Waals surface area contributed by atoms with E-state index in [4.69, 9.17) is 4.98 Å². The van der Waals surface area contributed by atoms with Crippen LogP contribution in [0.5, 0.6) is 0 Å². The highest BCUT2D eigenvalue weighted by molar-refractivity contribution is 5.98. The predicted octanol–water partition coefficient (Wildman–Crippen LogP) is 3.66. The van der Waals surface area contributed by atoms with Crippen molar-refractivity contribution in [2.75, 3.05) is 50.0 Å². The van der Waals surface area contributed by atoms with E-state index in [9.17, 15) is 4.79 Å². The molecule has 2 aromatic carbocycles. The first-order valence-corrected chi connectivity index (χ1v) is 11.5. The number of amides is 1. The Morgan fingerprint density at radius 2 is 1.76 bits per heavy atom. The van der Waals surface area contributed by atoms with Gasteiger partial charge in [0.2, 0.25) is 5.95 Å². The lowest BCUT2D eigenvalue weighted by Crippen LogP contribution is -2.44. The van der Waals surface area contributed by atoms with Crippen LogP contribution in [-0.4, -0.2) is 60.5 Å². The van der Waals surface area contributed by atoms with Gasteiger partial charge in [0.1, 0.15) is 0 Å². The second-order valence-corrected chi connectivity index (χ2v) is 9.55. The first-order valence-electron chi connectivity index (χ1n) is 11.5. The van der Waals surface area contributed by atoms with Gasteiger partial charge in [0.15, 0.2) is 0 Å². The molecule has 0 unspecified atom stereocenters. The minimum Gasteiger partial charge on any atom is -0.369 e. The molecule has 7 heteroatoms. The number of anilines is 3.